The fraction of sp³-hybridized carbons (Fsp3) is 0.833. The van der Waals surface area contributed by atoms with Crippen molar-refractivity contribution in [1.29, 1.82) is 0 Å². The van der Waals surface area contributed by atoms with Crippen LogP contribution in [0.5, 0.6) is 0 Å². The summed E-state index contributed by atoms with van der Waals surface area (Å²) in [6.45, 7) is 0.631. The molecule has 0 aromatic carbocycles. The van der Waals surface area contributed by atoms with Gasteiger partial charge >= 0.3 is 0 Å². The SMILES string of the molecule is COC(C=O)[N+]1([O-])CCOCS1. The highest BCUT2D eigenvalue weighted by atomic mass is 32.2. The van der Waals surface area contributed by atoms with Crippen LogP contribution in [0.1, 0.15) is 0 Å². The third kappa shape index (κ3) is 1.96. The molecule has 1 fully saturated rings. The van der Waals surface area contributed by atoms with Crippen molar-refractivity contribution in [3.63, 3.8) is 0 Å². The molecule has 0 radical (unpaired) electrons. The molecule has 0 saturated carbocycles. The highest BCUT2D eigenvalue weighted by Crippen LogP contribution is 2.28. The molecular weight excluding hydrogens is 182 g/mol. The van der Waals surface area contributed by atoms with Crippen LogP contribution >= 0.6 is 11.9 Å². The summed E-state index contributed by atoms with van der Waals surface area (Å²) < 4.78 is 9.04. The van der Waals surface area contributed by atoms with Crippen molar-refractivity contribution in [1.82, 2.24) is 0 Å². The lowest BCUT2D eigenvalue weighted by atomic mass is 10.5. The minimum atomic E-state index is -0.932. The molecule has 1 heterocycles. The highest BCUT2D eigenvalue weighted by Gasteiger charge is 2.32. The van der Waals surface area contributed by atoms with Gasteiger partial charge in [0.15, 0.2) is 0 Å². The van der Waals surface area contributed by atoms with Gasteiger partial charge < -0.3 is 14.7 Å². The lowest BCUT2D eigenvalue weighted by Crippen LogP contribution is -2.51. The molecule has 70 valence electrons. The van der Waals surface area contributed by atoms with Gasteiger partial charge in [-0.2, -0.15) is 0 Å². The molecule has 0 aliphatic carbocycles. The molecule has 0 N–H and O–H groups in total. The second-order valence-electron chi connectivity index (χ2n) is 2.37. The van der Waals surface area contributed by atoms with Gasteiger partial charge in [0.05, 0.1) is 6.61 Å². The Morgan fingerprint density at radius 3 is 3.00 bits per heavy atom. The Morgan fingerprint density at radius 1 is 1.83 bits per heavy atom. The van der Waals surface area contributed by atoms with E-state index in [2.05, 4.69) is 0 Å². The van der Waals surface area contributed by atoms with Crippen molar-refractivity contribution in [2.75, 3.05) is 26.2 Å². The number of quaternary nitrogens is 1. The highest BCUT2D eigenvalue weighted by molar-refractivity contribution is 7.93. The number of rotatable bonds is 3. The largest absolute Gasteiger partial charge is 0.618 e. The van der Waals surface area contributed by atoms with Gasteiger partial charge in [-0.05, 0) is 0 Å². The van der Waals surface area contributed by atoms with Crippen LogP contribution in [-0.4, -0.2) is 42.8 Å². The van der Waals surface area contributed by atoms with E-state index in [4.69, 9.17) is 9.47 Å². The van der Waals surface area contributed by atoms with Crippen molar-refractivity contribution < 1.29 is 18.3 Å². The average Bonchev–Trinajstić information content (AvgIpc) is 2.07. The molecule has 0 bridgehead atoms. The van der Waals surface area contributed by atoms with Crippen LogP contribution in [0.3, 0.4) is 0 Å². The maximum absolute atomic E-state index is 11.7. The smallest absolute Gasteiger partial charge is 0.261 e. The average molecular weight is 193 g/mol. The van der Waals surface area contributed by atoms with E-state index in [1.54, 1.807) is 0 Å². The van der Waals surface area contributed by atoms with E-state index < -0.39 is 10.3 Å². The van der Waals surface area contributed by atoms with Crippen molar-refractivity contribution in [2.24, 2.45) is 0 Å². The third-order valence-electron chi connectivity index (χ3n) is 1.65. The minimum Gasteiger partial charge on any atom is -0.618 e. The summed E-state index contributed by atoms with van der Waals surface area (Å²) in [6.07, 6.45) is -0.399. The van der Waals surface area contributed by atoms with E-state index in [9.17, 15) is 10.0 Å². The fourth-order valence-electron chi connectivity index (χ4n) is 0.951. The van der Waals surface area contributed by atoms with E-state index in [1.165, 1.54) is 7.11 Å². The predicted molar refractivity (Wildman–Crippen MR) is 43.8 cm³/mol. The third-order valence-corrected chi connectivity index (χ3v) is 2.75. The number of hydrogen-bond acceptors (Lipinski definition) is 5. The molecule has 2 atom stereocenters. The second-order valence-corrected chi connectivity index (χ2v) is 3.48. The number of aldehydes is 1. The summed E-state index contributed by atoms with van der Waals surface area (Å²) >= 11 is 1.03. The zero-order valence-corrected chi connectivity index (χ0v) is 7.58. The first-order valence-corrected chi connectivity index (χ1v) is 4.46. The standard InChI is InChI=1S/C6H11NO4S/c1-10-6(4-8)7(9)2-3-11-5-12-7/h4,6H,2-3,5H2,1H3. The van der Waals surface area contributed by atoms with E-state index in [1.807, 2.05) is 0 Å². The topological polar surface area (TPSA) is 58.6 Å². The van der Waals surface area contributed by atoms with Crippen molar-refractivity contribution in [3.05, 3.63) is 5.21 Å². The molecule has 0 amide bonds. The number of hydrogen-bond donors (Lipinski definition) is 0. The first-order valence-electron chi connectivity index (χ1n) is 3.52. The van der Waals surface area contributed by atoms with Crippen LogP contribution in [0, 0.1) is 5.21 Å². The number of ether oxygens (including phenoxy) is 2. The number of carbonyl (C=O) groups excluding carboxylic acids is 1. The maximum Gasteiger partial charge on any atom is 0.261 e. The van der Waals surface area contributed by atoms with E-state index in [-0.39, 0.29) is 6.54 Å². The Morgan fingerprint density at radius 2 is 2.58 bits per heavy atom. The lowest BCUT2D eigenvalue weighted by Gasteiger charge is -2.44. The van der Waals surface area contributed by atoms with Crippen LogP contribution in [-0.2, 0) is 14.3 Å². The van der Waals surface area contributed by atoms with Crippen molar-refractivity contribution in [2.45, 2.75) is 6.23 Å². The van der Waals surface area contributed by atoms with Gasteiger partial charge in [-0.25, -0.2) is 0 Å². The molecule has 1 saturated heterocycles. The fourth-order valence-corrected chi connectivity index (χ4v) is 1.81. The maximum atomic E-state index is 11.7. The number of nitrogens with zero attached hydrogens (tertiary/aromatic N) is 1. The summed E-state index contributed by atoms with van der Waals surface area (Å²) in [5.41, 5.74) is 0. The van der Waals surface area contributed by atoms with Gasteiger partial charge in [-0.1, -0.05) is 0 Å². The van der Waals surface area contributed by atoms with Gasteiger partial charge in [-0.3, -0.25) is 8.85 Å². The minimum absolute atomic E-state index is 0.252. The molecule has 1 aliphatic heterocycles. The second kappa shape index (κ2) is 4.20. The van der Waals surface area contributed by atoms with Gasteiger partial charge in [0, 0.05) is 7.11 Å². The van der Waals surface area contributed by atoms with E-state index >= 15 is 0 Å². The number of methoxy groups -OCH3 is 1. The Bertz CT molecular complexity index is 160. The van der Waals surface area contributed by atoms with Crippen LogP contribution in [0.25, 0.3) is 0 Å². The molecule has 6 heteroatoms. The molecule has 0 aromatic rings. The summed E-state index contributed by atoms with van der Waals surface area (Å²) in [5, 5.41) is 11.7. The van der Waals surface area contributed by atoms with Gasteiger partial charge in [0.25, 0.3) is 6.23 Å². The molecule has 2 unspecified atom stereocenters. The van der Waals surface area contributed by atoms with Gasteiger partial charge in [0.2, 0.25) is 6.29 Å². The summed E-state index contributed by atoms with van der Waals surface area (Å²) in [4.78, 5) is 10.4. The van der Waals surface area contributed by atoms with E-state index in [0.29, 0.717) is 18.8 Å². The Labute approximate surface area is 74.9 Å². The Hall–Kier alpha value is -0.140. The molecule has 1 aliphatic rings. The van der Waals surface area contributed by atoms with E-state index in [0.717, 1.165) is 11.9 Å². The summed E-state index contributed by atoms with van der Waals surface area (Å²) in [7, 11) is 1.35. The van der Waals surface area contributed by atoms with Crippen LogP contribution in [0.2, 0.25) is 0 Å². The van der Waals surface area contributed by atoms with Gasteiger partial charge in [0.1, 0.15) is 24.4 Å². The Balaban J connectivity index is 2.59. The quantitative estimate of drug-likeness (QED) is 0.275. The first-order chi connectivity index (χ1) is 5.73. The number of hydroxylamine groups is 2. The number of carbonyl (C=O) groups is 1. The monoisotopic (exact) mass is 193 g/mol. The summed E-state index contributed by atoms with van der Waals surface area (Å²) in [5.74, 6) is 0.317. The van der Waals surface area contributed by atoms with Gasteiger partial charge in [-0.15, -0.1) is 0 Å². The summed E-state index contributed by atoms with van der Waals surface area (Å²) in [6, 6.07) is 0. The van der Waals surface area contributed by atoms with Crippen LogP contribution in [0.15, 0.2) is 0 Å². The molecule has 5 nitrogen and oxygen atoms in total. The van der Waals surface area contributed by atoms with Crippen molar-refractivity contribution >= 4 is 18.2 Å². The van der Waals surface area contributed by atoms with Crippen LogP contribution in [0.4, 0.5) is 0 Å². The van der Waals surface area contributed by atoms with Crippen molar-refractivity contribution in [3.8, 4) is 0 Å². The lowest BCUT2D eigenvalue weighted by molar-refractivity contribution is -0.791. The molecule has 1 rings (SSSR count). The predicted octanol–water partition coefficient (Wildman–Crippen LogP) is 0.108. The zero-order chi connectivity index (χ0) is 9.03. The molecular formula is C6H11NO4S. The Kier molecular flexibility index (Phi) is 3.48. The van der Waals surface area contributed by atoms with Crippen LogP contribution < -0.4 is 0 Å². The molecule has 0 spiro atoms. The molecule has 12 heavy (non-hydrogen) atoms. The molecule has 0 aromatic heterocycles. The zero-order valence-electron chi connectivity index (χ0n) is 6.76. The first kappa shape index (κ1) is 9.94. The normalized spacial score (nSPS) is 32.8.